The average Bonchev–Trinajstić information content (AvgIpc) is 2.72. The largest absolute Gasteiger partial charge is 0.478 e. The highest BCUT2D eigenvalue weighted by atomic mass is 35.5. The van der Waals surface area contributed by atoms with Gasteiger partial charge < -0.3 is 5.11 Å². The Morgan fingerprint density at radius 2 is 1.95 bits per heavy atom. The van der Waals surface area contributed by atoms with E-state index in [1.54, 1.807) is 6.92 Å². The van der Waals surface area contributed by atoms with E-state index in [1.807, 2.05) is 0 Å². The number of aromatic carboxylic acids is 1. The third-order valence-corrected chi connectivity index (χ3v) is 6.29. The molecule has 0 fully saturated rings. The fourth-order valence-electron chi connectivity index (χ4n) is 1.52. The van der Waals surface area contributed by atoms with Crippen LogP contribution in [-0.4, -0.2) is 19.5 Å². The second kappa shape index (κ2) is 5.84. The van der Waals surface area contributed by atoms with Crippen molar-refractivity contribution in [2.75, 3.05) is 4.72 Å². The smallest absolute Gasteiger partial charge is 0.337 e. The van der Waals surface area contributed by atoms with Gasteiger partial charge >= 0.3 is 5.97 Å². The van der Waals surface area contributed by atoms with E-state index in [4.69, 9.17) is 28.3 Å². The number of sulfonamides is 1. The molecule has 0 unspecified atom stereocenters. The molecule has 2 N–H and O–H groups in total. The molecule has 0 bridgehead atoms. The summed E-state index contributed by atoms with van der Waals surface area (Å²) in [5.41, 5.74) is 0.584. The molecule has 1 heterocycles. The Morgan fingerprint density at radius 3 is 2.48 bits per heavy atom. The second-order valence-electron chi connectivity index (χ2n) is 4.13. The molecule has 1 aromatic carbocycles. The van der Waals surface area contributed by atoms with Crippen molar-refractivity contribution in [3.05, 3.63) is 44.8 Å². The summed E-state index contributed by atoms with van der Waals surface area (Å²) in [6, 6.07) is 5.30. The molecule has 0 aliphatic rings. The number of thiophene rings is 1. The maximum absolute atomic E-state index is 12.2. The van der Waals surface area contributed by atoms with Crippen molar-refractivity contribution in [2.24, 2.45) is 0 Å². The zero-order chi connectivity index (χ0) is 15.8. The number of carbonyl (C=O) groups is 1. The van der Waals surface area contributed by atoms with Gasteiger partial charge in [-0.05, 0) is 36.8 Å². The van der Waals surface area contributed by atoms with Crippen molar-refractivity contribution >= 4 is 56.2 Å². The van der Waals surface area contributed by atoms with Gasteiger partial charge in [0.15, 0.2) is 0 Å². The summed E-state index contributed by atoms with van der Waals surface area (Å²) < 4.78 is 27.1. The third-order valence-electron chi connectivity index (χ3n) is 2.55. The summed E-state index contributed by atoms with van der Waals surface area (Å²) >= 11 is 12.5. The molecule has 0 aliphatic heterocycles. The maximum Gasteiger partial charge on any atom is 0.337 e. The van der Waals surface area contributed by atoms with E-state index in [9.17, 15) is 13.2 Å². The van der Waals surface area contributed by atoms with E-state index in [0.29, 0.717) is 9.90 Å². The van der Waals surface area contributed by atoms with Gasteiger partial charge in [0.25, 0.3) is 10.0 Å². The molecular weight excluding hydrogens is 357 g/mol. The van der Waals surface area contributed by atoms with E-state index in [1.165, 1.54) is 18.2 Å². The van der Waals surface area contributed by atoms with E-state index in [0.717, 1.165) is 17.4 Å². The van der Waals surface area contributed by atoms with Crippen LogP contribution in [0.25, 0.3) is 0 Å². The predicted molar refractivity (Wildman–Crippen MR) is 83.3 cm³/mol. The standard InChI is InChI=1S/C12H9Cl2NO4S2/c1-6-4-10(20-11(6)14)21(18,19)15-7-2-3-9(13)8(5-7)12(16)17/h2-5,15H,1H3,(H,16,17). The molecule has 21 heavy (non-hydrogen) atoms. The molecule has 0 radical (unpaired) electrons. The van der Waals surface area contributed by atoms with Crippen LogP contribution < -0.4 is 4.72 Å². The first-order valence-corrected chi connectivity index (χ1v) is 8.58. The molecule has 0 amide bonds. The predicted octanol–water partition coefficient (Wildman–Crippen LogP) is 3.86. The van der Waals surface area contributed by atoms with Crippen LogP contribution in [0.3, 0.4) is 0 Å². The van der Waals surface area contributed by atoms with Crippen LogP contribution in [0.15, 0.2) is 28.5 Å². The first kappa shape index (κ1) is 16.1. The summed E-state index contributed by atoms with van der Waals surface area (Å²) in [6.45, 7) is 1.70. The van der Waals surface area contributed by atoms with Gasteiger partial charge in [0.2, 0.25) is 0 Å². The lowest BCUT2D eigenvalue weighted by Gasteiger charge is -2.07. The SMILES string of the molecule is Cc1cc(S(=O)(=O)Nc2ccc(Cl)c(C(=O)O)c2)sc1Cl. The number of carboxylic acid groups (broad SMARTS) is 1. The van der Waals surface area contributed by atoms with Crippen molar-refractivity contribution in [3.63, 3.8) is 0 Å². The Morgan fingerprint density at radius 1 is 1.29 bits per heavy atom. The summed E-state index contributed by atoms with van der Waals surface area (Å²) in [7, 11) is -3.82. The second-order valence-corrected chi connectivity index (χ2v) is 8.10. The van der Waals surface area contributed by atoms with Crippen LogP contribution in [0.5, 0.6) is 0 Å². The van der Waals surface area contributed by atoms with Crippen LogP contribution in [0, 0.1) is 6.92 Å². The van der Waals surface area contributed by atoms with Crippen molar-refractivity contribution in [2.45, 2.75) is 11.1 Å². The highest BCUT2D eigenvalue weighted by Crippen LogP contribution is 2.31. The number of nitrogens with one attached hydrogen (secondary N) is 1. The Kier molecular flexibility index (Phi) is 4.48. The lowest BCUT2D eigenvalue weighted by molar-refractivity contribution is 0.0697. The molecule has 9 heteroatoms. The summed E-state index contributed by atoms with van der Waals surface area (Å²) in [6.07, 6.45) is 0. The number of benzene rings is 1. The zero-order valence-electron chi connectivity index (χ0n) is 10.6. The topological polar surface area (TPSA) is 83.5 Å². The average molecular weight is 366 g/mol. The van der Waals surface area contributed by atoms with Crippen LogP contribution >= 0.6 is 34.5 Å². The summed E-state index contributed by atoms with van der Waals surface area (Å²) in [4.78, 5) is 11.0. The maximum atomic E-state index is 12.2. The minimum atomic E-state index is -3.82. The number of anilines is 1. The molecule has 112 valence electrons. The Bertz CT molecular complexity index is 795. The third kappa shape index (κ3) is 3.49. The molecule has 0 saturated heterocycles. The van der Waals surface area contributed by atoms with Crippen molar-refractivity contribution in [1.29, 1.82) is 0 Å². The van der Waals surface area contributed by atoms with Gasteiger partial charge in [-0.15, -0.1) is 11.3 Å². The number of hydrogen-bond donors (Lipinski definition) is 2. The lowest BCUT2D eigenvalue weighted by Crippen LogP contribution is -2.12. The first-order chi connectivity index (χ1) is 9.70. The Hall–Kier alpha value is -1.28. The molecule has 0 aliphatic carbocycles. The molecule has 1 aromatic heterocycles. The van der Waals surface area contributed by atoms with Gasteiger partial charge in [0.1, 0.15) is 4.21 Å². The van der Waals surface area contributed by atoms with Gasteiger partial charge in [0.05, 0.1) is 14.9 Å². The van der Waals surface area contributed by atoms with Gasteiger partial charge in [-0.3, -0.25) is 4.72 Å². The van der Waals surface area contributed by atoms with E-state index in [2.05, 4.69) is 4.72 Å². The van der Waals surface area contributed by atoms with Crippen LogP contribution in [0.1, 0.15) is 15.9 Å². The molecular formula is C12H9Cl2NO4S2. The van der Waals surface area contributed by atoms with Crippen molar-refractivity contribution < 1.29 is 18.3 Å². The van der Waals surface area contributed by atoms with Gasteiger partial charge in [-0.25, -0.2) is 13.2 Å². The van der Waals surface area contributed by atoms with Gasteiger partial charge in [0, 0.05) is 5.69 Å². The Balaban J connectivity index is 2.37. The zero-order valence-corrected chi connectivity index (χ0v) is 13.7. The van der Waals surface area contributed by atoms with Crippen molar-refractivity contribution in [3.8, 4) is 0 Å². The molecule has 2 rings (SSSR count). The Labute approximate surface area is 135 Å². The number of hydrogen-bond acceptors (Lipinski definition) is 4. The quantitative estimate of drug-likeness (QED) is 0.861. The highest BCUT2D eigenvalue weighted by molar-refractivity contribution is 7.94. The summed E-state index contributed by atoms with van der Waals surface area (Å²) in [5.74, 6) is -1.24. The van der Waals surface area contributed by atoms with Gasteiger partial charge in [-0.1, -0.05) is 23.2 Å². The molecule has 2 aromatic rings. The summed E-state index contributed by atoms with van der Waals surface area (Å²) in [5, 5.41) is 9.00. The molecule has 0 spiro atoms. The molecule has 0 saturated carbocycles. The van der Waals surface area contributed by atoms with E-state index >= 15 is 0 Å². The number of carboxylic acids is 1. The molecule has 5 nitrogen and oxygen atoms in total. The highest BCUT2D eigenvalue weighted by Gasteiger charge is 2.19. The van der Waals surface area contributed by atoms with Crippen LogP contribution in [0.2, 0.25) is 9.36 Å². The van der Waals surface area contributed by atoms with Crippen LogP contribution in [-0.2, 0) is 10.0 Å². The molecule has 0 atom stereocenters. The number of aryl methyl sites for hydroxylation is 1. The van der Waals surface area contributed by atoms with Crippen molar-refractivity contribution in [1.82, 2.24) is 0 Å². The normalized spacial score (nSPS) is 11.4. The van der Waals surface area contributed by atoms with Gasteiger partial charge in [-0.2, -0.15) is 0 Å². The van der Waals surface area contributed by atoms with Crippen LogP contribution in [0.4, 0.5) is 5.69 Å². The minimum absolute atomic E-state index is 0.0282. The van der Waals surface area contributed by atoms with E-state index < -0.39 is 16.0 Å². The monoisotopic (exact) mass is 365 g/mol. The fourth-order valence-corrected chi connectivity index (χ4v) is 4.48. The van der Waals surface area contributed by atoms with E-state index in [-0.39, 0.29) is 20.5 Å². The first-order valence-electron chi connectivity index (χ1n) is 5.52. The fraction of sp³-hybridized carbons (Fsp3) is 0.0833. The minimum Gasteiger partial charge on any atom is -0.478 e. The lowest BCUT2D eigenvalue weighted by atomic mass is 10.2. The number of rotatable bonds is 4. The number of halogens is 2.